The second-order valence-electron chi connectivity index (χ2n) is 3.80. The van der Waals surface area contributed by atoms with Crippen molar-refractivity contribution in [1.29, 1.82) is 0 Å². The van der Waals surface area contributed by atoms with Gasteiger partial charge in [0, 0.05) is 24.5 Å². The molecule has 0 fully saturated rings. The fourth-order valence-corrected chi connectivity index (χ4v) is 1.63. The van der Waals surface area contributed by atoms with E-state index >= 15 is 0 Å². The molecule has 0 radical (unpaired) electrons. The zero-order valence-corrected chi connectivity index (χ0v) is 9.53. The van der Waals surface area contributed by atoms with Crippen LogP contribution in [0.3, 0.4) is 0 Å². The number of hydrogen-bond acceptors (Lipinski definition) is 2. The summed E-state index contributed by atoms with van der Waals surface area (Å²) < 4.78 is 1.77. The van der Waals surface area contributed by atoms with E-state index in [4.69, 9.17) is 0 Å². The Morgan fingerprint density at radius 3 is 3.06 bits per heavy atom. The zero-order valence-electron chi connectivity index (χ0n) is 9.53. The van der Waals surface area contributed by atoms with Gasteiger partial charge in [-0.1, -0.05) is 13.0 Å². The number of aryl methyl sites for hydroxylation is 1. The fraction of sp³-hybridized carbons (Fsp3) is 0.333. The molecule has 1 N–H and O–H groups in total. The first-order valence-corrected chi connectivity index (χ1v) is 5.42. The number of aromatic nitrogens is 2. The second kappa shape index (κ2) is 4.35. The number of nitrogens with one attached hydrogen (secondary N) is 1. The Morgan fingerprint density at radius 2 is 2.31 bits per heavy atom. The smallest absolute Gasteiger partial charge is 0.251 e. The van der Waals surface area contributed by atoms with Crippen LogP contribution in [0.4, 0.5) is 0 Å². The van der Waals surface area contributed by atoms with Crippen LogP contribution in [0.15, 0.2) is 24.4 Å². The predicted molar refractivity (Wildman–Crippen MR) is 63.3 cm³/mol. The third-order valence-electron chi connectivity index (χ3n) is 2.55. The van der Waals surface area contributed by atoms with Gasteiger partial charge in [0.2, 0.25) is 0 Å². The van der Waals surface area contributed by atoms with Crippen molar-refractivity contribution in [3.8, 4) is 0 Å². The van der Waals surface area contributed by atoms with E-state index in [1.165, 1.54) is 0 Å². The molecule has 2 rings (SSSR count). The minimum absolute atomic E-state index is 0.0232. The molecule has 0 atom stereocenters. The highest BCUT2D eigenvalue weighted by molar-refractivity contribution is 5.97. The number of fused-ring (bicyclic) bond motifs is 1. The maximum atomic E-state index is 11.7. The lowest BCUT2D eigenvalue weighted by molar-refractivity contribution is 0.0954. The monoisotopic (exact) mass is 217 g/mol. The molecule has 16 heavy (non-hydrogen) atoms. The Hall–Kier alpha value is -1.84. The van der Waals surface area contributed by atoms with Crippen molar-refractivity contribution in [2.75, 3.05) is 6.54 Å². The van der Waals surface area contributed by atoms with Gasteiger partial charge >= 0.3 is 0 Å². The van der Waals surface area contributed by atoms with E-state index in [0.717, 1.165) is 17.3 Å². The molecule has 2 aromatic rings. The molecule has 1 aromatic heterocycles. The van der Waals surface area contributed by atoms with Crippen LogP contribution >= 0.6 is 0 Å². The predicted octanol–water partition coefficient (Wildman–Crippen LogP) is 1.71. The molecule has 0 aliphatic rings. The van der Waals surface area contributed by atoms with E-state index in [9.17, 15) is 4.79 Å². The molecule has 0 unspecified atom stereocenters. The van der Waals surface area contributed by atoms with Crippen LogP contribution in [0, 0.1) is 0 Å². The van der Waals surface area contributed by atoms with E-state index in [1.807, 2.05) is 32.2 Å². The number of hydrogen-bond donors (Lipinski definition) is 1. The van der Waals surface area contributed by atoms with Crippen molar-refractivity contribution >= 4 is 16.8 Å². The maximum absolute atomic E-state index is 11.7. The van der Waals surface area contributed by atoms with E-state index in [2.05, 4.69) is 10.4 Å². The summed E-state index contributed by atoms with van der Waals surface area (Å²) in [6.45, 7) is 2.74. The van der Waals surface area contributed by atoms with Crippen LogP contribution in [0.2, 0.25) is 0 Å². The van der Waals surface area contributed by atoms with Gasteiger partial charge in [0.05, 0.1) is 11.7 Å². The largest absolute Gasteiger partial charge is 0.352 e. The SMILES string of the molecule is CCCNC(=O)c1ccc2cnn(C)c2c1. The van der Waals surface area contributed by atoms with Crippen molar-refractivity contribution < 1.29 is 4.79 Å². The number of carbonyl (C=O) groups excluding carboxylic acids is 1. The third-order valence-corrected chi connectivity index (χ3v) is 2.55. The van der Waals surface area contributed by atoms with Crippen molar-refractivity contribution in [3.63, 3.8) is 0 Å². The van der Waals surface area contributed by atoms with Crippen LogP contribution in [0.5, 0.6) is 0 Å². The van der Waals surface area contributed by atoms with Crippen LogP contribution in [-0.4, -0.2) is 22.2 Å². The summed E-state index contributed by atoms with van der Waals surface area (Å²) in [5, 5.41) is 8.05. The van der Waals surface area contributed by atoms with Crippen LogP contribution in [-0.2, 0) is 7.05 Å². The first-order chi connectivity index (χ1) is 7.72. The molecule has 1 heterocycles. The van der Waals surface area contributed by atoms with Crippen LogP contribution in [0.25, 0.3) is 10.9 Å². The summed E-state index contributed by atoms with van der Waals surface area (Å²) in [5.74, 6) is -0.0232. The Bertz CT molecular complexity index is 516. The molecule has 4 heteroatoms. The molecule has 0 aliphatic carbocycles. The highest BCUT2D eigenvalue weighted by Crippen LogP contribution is 2.14. The van der Waals surface area contributed by atoms with Gasteiger partial charge in [0.15, 0.2) is 0 Å². The van der Waals surface area contributed by atoms with Crippen molar-refractivity contribution in [2.24, 2.45) is 7.05 Å². The lowest BCUT2D eigenvalue weighted by atomic mass is 10.1. The van der Waals surface area contributed by atoms with Gasteiger partial charge in [-0.15, -0.1) is 0 Å². The van der Waals surface area contributed by atoms with E-state index in [1.54, 1.807) is 10.9 Å². The molecule has 4 nitrogen and oxygen atoms in total. The van der Waals surface area contributed by atoms with E-state index < -0.39 is 0 Å². The molecule has 0 saturated carbocycles. The Morgan fingerprint density at radius 1 is 1.50 bits per heavy atom. The summed E-state index contributed by atoms with van der Waals surface area (Å²) in [6.07, 6.45) is 2.74. The summed E-state index contributed by atoms with van der Waals surface area (Å²) in [4.78, 5) is 11.7. The van der Waals surface area contributed by atoms with Gasteiger partial charge < -0.3 is 5.32 Å². The molecule has 84 valence electrons. The molecule has 0 saturated heterocycles. The van der Waals surface area contributed by atoms with Gasteiger partial charge in [-0.3, -0.25) is 9.48 Å². The molecule has 0 spiro atoms. The van der Waals surface area contributed by atoms with Gasteiger partial charge in [0.25, 0.3) is 5.91 Å². The lowest BCUT2D eigenvalue weighted by Gasteiger charge is -2.03. The summed E-state index contributed by atoms with van der Waals surface area (Å²) in [6, 6.07) is 5.62. The highest BCUT2D eigenvalue weighted by Gasteiger charge is 2.07. The average molecular weight is 217 g/mol. The van der Waals surface area contributed by atoms with Gasteiger partial charge in [-0.05, 0) is 18.6 Å². The standard InChI is InChI=1S/C12H15N3O/c1-3-6-13-12(16)9-4-5-10-8-14-15(2)11(10)7-9/h4-5,7-8H,3,6H2,1-2H3,(H,13,16). The van der Waals surface area contributed by atoms with Gasteiger partial charge in [-0.25, -0.2) is 0 Å². The van der Waals surface area contributed by atoms with Crippen LogP contribution in [0.1, 0.15) is 23.7 Å². The first-order valence-electron chi connectivity index (χ1n) is 5.42. The van der Waals surface area contributed by atoms with Crippen molar-refractivity contribution in [1.82, 2.24) is 15.1 Å². The number of nitrogens with zero attached hydrogens (tertiary/aromatic N) is 2. The first kappa shape index (κ1) is 10.7. The molecule has 1 amide bonds. The van der Waals surface area contributed by atoms with Crippen molar-refractivity contribution in [2.45, 2.75) is 13.3 Å². The normalized spacial score (nSPS) is 10.6. The summed E-state index contributed by atoms with van der Waals surface area (Å²) in [7, 11) is 1.87. The number of benzene rings is 1. The fourth-order valence-electron chi connectivity index (χ4n) is 1.63. The highest BCUT2D eigenvalue weighted by atomic mass is 16.1. The topological polar surface area (TPSA) is 46.9 Å². The molecular weight excluding hydrogens is 202 g/mol. The number of carbonyl (C=O) groups is 1. The lowest BCUT2D eigenvalue weighted by Crippen LogP contribution is -2.23. The third kappa shape index (κ3) is 1.91. The summed E-state index contributed by atoms with van der Waals surface area (Å²) >= 11 is 0. The van der Waals surface area contributed by atoms with Crippen LogP contribution < -0.4 is 5.32 Å². The molecular formula is C12H15N3O. The van der Waals surface area contributed by atoms with E-state index in [0.29, 0.717) is 12.1 Å². The number of amides is 1. The molecule has 0 bridgehead atoms. The Labute approximate surface area is 94.3 Å². The molecule has 1 aromatic carbocycles. The number of rotatable bonds is 3. The summed E-state index contributed by atoms with van der Waals surface area (Å²) in [5.41, 5.74) is 1.66. The second-order valence-corrected chi connectivity index (χ2v) is 3.80. The minimum atomic E-state index is -0.0232. The zero-order chi connectivity index (χ0) is 11.5. The Kier molecular flexibility index (Phi) is 2.90. The average Bonchev–Trinajstić information content (AvgIpc) is 2.67. The molecule has 0 aliphatic heterocycles. The van der Waals surface area contributed by atoms with Crippen molar-refractivity contribution in [3.05, 3.63) is 30.0 Å². The Balaban J connectivity index is 2.31. The quantitative estimate of drug-likeness (QED) is 0.850. The minimum Gasteiger partial charge on any atom is -0.352 e. The van der Waals surface area contributed by atoms with Gasteiger partial charge in [0.1, 0.15) is 0 Å². The van der Waals surface area contributed by atoms with E-state index in [-0.39, 0.29) is 5.91 Å². The van der Waals surface area contributed by atoms with Gasteiger partial charge in [-0.2, -0.15) is 5.10 Å². The maximum Gasteiger partial charge on any atom is 0.251 e.